The first-order valence-electron chi connectivity index (χ1n) is 3.75. The zero-order chi connectivity index (χ0) is 9.42. The number of anilines is 1. The molecule has 0 spiro atoms. The maximum absolute atomic E-state index is 5.78. The maximum Gasteiger partial charge on any atom is 0.224 e. The van der Waals surface area contributed by atoms with Crippen molar-refractivity contribution in [3.8, 4) is 0 Å². The molecule has 3 nitrogen and oxygen atoms in total. The molecule has 0 N–H and O–H groups in total. The molecule has 0 bridgehead atoms. The van der Waals surface area contributed by atoms with Crippen molar-refractivity contribution in [1.82, 2.24) is 9.97 Å². The van der Waals surface area contributed by atoms with Crippen LogP contribution < -0.4 is 4.90 Å². The van der Waals surface area contributed by atoms with Gasteiger partial charge in [-0.25, -0.2) is 4.98 Å². The quantitative estimate of drug-likeness (QED) is 0.682. The Labute approximate surface area is 85.0 Å². The molecule has 0 saturated carbocycles. The first-order valence-corrected chi connectivity index (χ1v) is 5.07. The van der Waals surface area contributed by atoms with E-state index in [9.17, 15) is 0 Å². The first kappa shape index (κ1) is 8.72. The zero-order valence-electron chi connectivity index (χ0n) is 7.28. The molecule has 0 unspecified atom stereocenters. The Morgan fingerprint density at radius 3 is 2.77 bits per heavy atom. The Morgan fingerprint density at radius 2 is 2.08 bits per heavy atom. The molecule has 0 fully saturated rings. The molecular formula is C8H8ClN3S. The van der Waals surface area contributed by atoms with Crippen LogP contribution in [0.3, 0.4) is 0 Å². The monoisotopic (exact) mass is 213 g/mol. The number of thiophene rings is 1. The van der Waals surface area contributed by atoms with E-state index < -0.39 is 0 Å². The van der Waals surface area contributed by atoms with Gasteiger partial charge in [0.15, 0.2) is 0 Å². The number of aromatic nitrogens is 2. The molecule has 5 heteroatoms. The highest BCUT2D eigenvalue weighted by molar-refractivity contribution is 7.09. The summed E-state index contributed by atoms with van der Waals surface area (Å²) in [5.41, 5.74) is 0.911. The molecule has 0 amide bonds. The van der Waals surface area contributed by atoms with Crippen molar-refractivity contribution in [3.05, 3.63) is 16.0 Å². The summed E-state index contributed by atoms with van der Waals surface area (Å²) in [6, 6.07) is 0. The van der Waals surface area contributed by atoms with Crippen LogP contribution in [0, 0.1) is 0 Å². The van der Waals surface area contributed by atoms with Gasteiger partial charge in [0, 0.05) is 24.9 Å². The summed E-state index contributed by atoms with van der Waals surface area (Å²) in [4.78, 5) is 10.2. The third kappa shape index (κ3) is 1.47. The van der Waals surface area contributed by atoms with Gasteiger partial charge in [-0.2, -0.15) is 4.98 Å². The Bertz CT molecular complexity index is 438. The predicted octanol–water partition coefficient (Wildman–Crippen LogP) is 2.41. The van der Waals surface area contributed by atoms with Crippen LogP contribution >= 0.6 is 22.9 Å². The van der Waals surface area contributed by atoms with Crippen molar-refractivity contribution in [2.75, 3.05) is 19.0 Å². The van der Waals surface area contributed by atoms with Crippen molar-refractivity contribution < 1.29 is 0 Å². The van der Waals surface area contributed by atoms with Crippen molar-refractivity contribution in [1.29, 1.82) is 0 Å². The van der Waals surface area contributed by atoms with E-state index in [-0.39, 0.29) is 0 Å². The van der Waals surface area contributed by atoms with Crippen LogP contribution in [0.15, 0.2) is 10.8 Å². The molecule has 2 rings (SSSR count). The lowest BCUT2D eigenvalue weighted by molar-refractivity contribution is 1.06. The molecular weight excluding hydrogens is 206 g/mol. The van der Waals surface area contributed by atoms with E-state index in [1.807, 2.05) is 29.8 Å². The number of hydrogen-bond donors (Lipinski definition) is 0. The van der Waals surface area contributed by atoms with E-state index in [0.29, 0.717) is 5.28 Å². The van der Waals surface area contributed by atoms with E-state index >= 15 is 0 Å². The maximum atomic E-state index is 5.78. The molecule has 0 aliphatic rings. The highest BCUT2D eigenvalue weighted by Gasteiger charge is 2.08. The lowest BCUT2D eigenvalue weighted by Crippen LogP contribution is -2.11. The summed E-state index contributed by atoms with van der Waals surface area (Å²) in [5.74, 6) is 0.872. The van der Waals surface area contributed by atoms with Crippen LogP contribution in [0.25, 0.3) is 10.9 Å². The molecule has 0 radical (unpaired) electrons. The van der Waals surface area contributed by atoms with Gasteiger partial charge in [-0.15, -0.1) is 11.3 Å². The van der Waals surface area contributed by atoms with Crippen molar-refractivity contribution in [2.24, 2.45) is 0 Å². The standard InChI is InChI=1S/C8H8ClN3S/c1-12(2)7-5-3-13-4-6(5)10-8(9)11-7/h3-4H,1-2H3. The van der Waals surface area contributed by atoms with Gasteiger partial charge in [-0.3, -0.25) is 0 Å². The third-order valence-corrected chi connectivity index (χ3v) is 2.62. The largest absolute Gasteiger partial charge is 0.362 e. The molecule has 0 saturated heterocycles. The van der Waals surface area contributed by atoms with E-state index in [2.05, 4.69) is 9.97 Å². The summed E-state index contributed by atoms with van der Waals surface area (Å²) in [5, 5.41) is 5.35. The lowest BCUT2D eigenvalue weighted by atomic mass is 10.3. The van der Waals surface area contributed by atoms with Crippen LogP contribution in [0.4, 0.5) is 5.82 Å². The van der Waals surface area contributed by atoms with E-state index in [1.54, 1.807) is 11.3 Å². The second-order valence-corrected chi connectivity index (χ2v) is 3.96. The van der Waals surface area contributed by atoms with Gasteiger partial charge in [0.25, 0.3) is 0 Å². The van der Waals surface area contributed by atoms with Crippen molar-refractivity contribution >= 4 is 39.7 Å². The minimum absolute atomic E-state index is 0.301. The number of fused-ring (bicyclic) bond motifs is 1. The van der Waals surface area contributed by atoms with Crippen LogP contribution in [0.2, 0.25) is 5.28 Å². The normalized spacial score (nSPS) is 10.7. The number of nitrogens with zero attached hydrogens (tertiary/aromatic N) is 3. The second kappa shape index (κ2) is 3.12. The lowest BCUT2D eigenvalue weighted by Gasteiger charge is -2.11. The van der Waals surface area contributed by atoms with Crippen LogP contribution in [0.1, 0.15) is 0 Å². The molecule has 2 heterocycles. The topological polar surface area (TPSA) is 29.0 Å². The van der Waals surface area contributed by atoms with Gasteiger partial charge < -0.3 is 4.90 Å². The summed E-state index contributed by atoms with van der Waals surface area (Å²) < 4.78 is 0. The fraction of sp³-hybridized carbons (Fsp3) is 0.250. The predicted molar refractivity (Wildman–Crippen MR) is 56.8 cm³/mol. The molecule has 2 aromatic heterocycles. The zero-order valence-corrected chi connectivity index (χ0v) is 8.85. The average molecular weight is 214 g/mol. The van der Waals surface area contributed by atoms with E-state index in [4.69, 9.17) is 11.6 Å². The smallest absolute Gasteiger partial charge is 0.224 e. The van der Waals surface area contributed by atoms with Gasteiger partial charge >= 0.3 is 0 Å². The first-order chi connectivity index (χ1) is 6.18. The number of halogens is 1. The van der Waals surface area contributed by atoms with E-state index in [1.165, 1.54) is 0 Å². The molecule has 2 aromatic rings. The Balaban J connectivity index is 2.77. The van der Waals surface area contributed by atoms with Crippen LogP contribution in [0.5, 0.6) is 0 Å². The summed E-state index contributed by atoms with van der Waals surface area (Å²) in [6.07, 6.45) is 0. The van der Waals surface area contributed by atoms with Crippen LogP contribution in [-0.2, 0) is 0 Å². The molecule has 0 atom stereocenters. The number of hydrogen-bond acceptors (Lipinski definition) is 4. The molecule has 0 aromatic carbocycles. The fourth-order valence-corrected chi connectivity index (χ4v) is 2.07. The Morgan fingerprint density at radius 1 is 1.31 bits per heavy atom. The molecule has 13 heavy (non-hydrogen) atoms. The third-order valence-electron chi connectivity index (χ3n) is 1.72. The Hall–Kier alpha value is -0.870. The highest BCUT2D eigenvalue weighted by Crippen LogP contribution is 2.26. The van der Waals surface area contributed by atoms with E-state index in [0.717, 1.165) is 16.7 Å². The van der Waals surface area contributed by atoms with Crippen molar-refractivity contribution in [2.45, 2.75) is 0 Å². The minimum atomic E-state index is 0.301. The molecule has 68 valence electrons. The van der Waals surface area contributed by atoms with Crippen molar-refractivity contribution in [3.63, 3.8) is 0 Å². The fourth-order valence-electron chi connectivity index (χ4n) is 1.16. The van der Waals surface area contributed by atoms with Gasteiger partial charge in [-0.05, 0) is 11.6 Å². The summed E-state index contributed by atoms with van der Waals surface area (Å²) in [7, 11) is 3.88. The summed E-state index contributed by atoms with van der Waals surface area (Å²) in [6.45, 7) is 0. The highest BCUT2D eigenvalue weighted by atomic mass is 35.5. The second-order valence-electron chi connectivity index (χ2n) is 2.88. The Kier molecular flexibility index (Phi) is 2.09. The molecule has 0 aliphatic carbocycles. The molecule has 0 aliphatic heterocycles. The minimum Gasteiger partial charge on any atom is -0.362 e. The SMILES string of the molecule is CN(C)c1nc(Cl)nc2cscc12. The van der Waals surface area contributed by atoms with Gasteiger partial charge in [-0.1, -0.05) is 0 Å². The van der Waals surface area contributed by atoms with Crippen LogP contribution in [-0.4, -0.2) is 24.1 Å². The van der Waals surface area contributed by atoms with Gasteiger partial charge in [0.1, 0.15) is 5.82 Å². The number of rotatable bonds is 1. The van der Waals surface area contributed by atoms with Gasteiger partial charge in [0.05, 0.1) is 10.9 Å². The average Bonchev–Trinajstić information content (AvgIpc) is 2.49. The summed E-state index contributed by atoms with van der Waals surface area (Å²) >= 11 is 7.39. The van der Waals surface area contributed by atoms with Gasteiger partial charge in [0.2, 0.25) is 5.28 Å².